The second-order valence-electron chi connectivity index (χ2n) is 5.04. The number of aliphatic carboxylic acids is 1. The molecule has 1 aliphatic heterocycles. The van der Waals surface area contributed by atoms with Gasteiger partial charge >= 0.3 is 5.97 Å². The fourth-order valence-corrected chi connectivity index (χ4v) is 2.16. The minimum absolute atomic E-state index is 0.159. The lowest BCUT2D eigenvalue weighted by Crippen LogP contribution is -2.57. The zero-order valence-electron chi connectivity index (χ0n) is 10.8. The maximum absolute atomic E-state index is 12.2. The Morgan fingerprint density at radius 3 is 2.35 bits per heavy atom. The summed E-state index contributed by atoms with van der Waals surface area (Å²) in [5.74, 6) is -1.11. The van der Waals surface area contributed by atoms with Gasteiger partial charge in [0.2, 0.25) is 5.91 Å². The number of carbonyl (C=O) groups is 2. The maximum atomic E-state index is 12.2. The Morgan fingerprint density at radius 1 is 1.41 bits per heavy atom. The van der Waals surface area contributed by atoms with Gasteiger partial charge in [-0.15, -0.1) is 0 Å². The number of nitrogens with one attached hydrogen (secondary N) is 2. The molecule has 98 valence electrons. The molecule has 1 rings (SSSR count). The third-order valence-corrected chi connectivity index (χ3v) is 3.89. The number of amides is 1. The van der Waals surface area contributed by atoms with E-state index in [1.807, 2.05) is 6.92 Å². The van der Waals surface area contributed by atoms with Crippen LogP contribution in [0, 0.1) is 5.41 Å². The van der Waals surface area contributed by atoms with Gasteiger partial charge in [-0.25, -0.2) is 4.79 Å². The number of carboxylic acid groups (broad SMARTS) is 1. The van der Waals surface area contributed by atoms with Crippen molar-refractivity contribution in [2.45, 2.75) is 45.6 Å². The van der Waals surface area contributed by atoms with E-state index in [9.17, 15) is 14.7 Å². The van der Waals surface area contributed by atoms with Crippen LogP contribution in [-0.2, 0) is 9.59 Å². The number of carboxylic acids is 1. The van der Waals surface area contributed by atoms with Gasteiger partial charge in [0.1, 0.15) is 5.54 Å². The zero-order chi connectivity index (χ0) is 13.1. The van der Waals surface area contributed by atoms with Crippen LogP contribution in [0.3, 0.4) is 0 Å². The molecule has 1 amide bonds. The monoisotopic (exact) mass is 242 g/mol. The molecular formula is C12H22N2O3. The summed E-state index contributed by atoms with van der Waals surface area (Å²) in [6.07, 6.45) is 1.55. The molecule has 1 aliphatic rings. The largest absolute Gasteiger partial charge is 0.480 e. The van der Waals surface area contributed by atoms with Crippen LogP contribution in [0.2, 0.25) is 0 Å². The predicted octanol–water partition coefficient (Wildman–Crippen LogP) is 0.746. The third kappa shape index (κ3) is 2.60. The molecule has 0 aromatic rings. The highest BCUT2D eigenvalue weighted by molar-refractivity contribution is 5.90. The summed E-state index contributed by atoms with van der Waals surface area (Å²) in [5, 5.41) is 15.1. The third-order valence-electron chi connectivity index (χ3n) is 3.89. The number of carbonyl (C=O) groups excluding carboxylic acids is 1. The first-order valence-corrected chi connectivity index (χ1v) is 6.17. The molecule has 1 heterocycles. The van der Waals surface area contributed by atoms with E-state index in [1.165, 1.54) is 0 Å². The molecule has 0 spiro atoms. The molecule has 1 fully saturated rings. The van der Waals surface area contributed by atoms with E-state index in [0.29, 0.717) is 19.4 Å². The van der Waals surface area contributed by atoms with Crippen molar-refractivity contribution in [1.29, 1.82) is 0 Å². The summed E-state index contributed by atoms with van der Waals surface area (Å²) >= 11 is 0. The first-order valence-electron chi connectivity index (χ1n) is 6.17. The minimum Gasteiger partial charge on any atom is -0.480 e. The Bertz CT molecular complexity index is 305. The SMILES string of the molecule is CCC(CC)(NC(=O)C1(C)CCNC1)C(=O)O. The summed E-state index contributed by atoms with van der Waals surface area (Å²) < 4.78 is 0. The van der Waals surface area contributed by atoms with Crippen LogP contribution in [-0.4, -0.2) is 35.6 Å². The van der Waals surface area contributed by atoms with Crippen LogP contribution < -0.4 is 10.6 Å². The molecule has 0 aliphatic carbocycles. The van der Waals surface area contributed by atoms with Gasteiger partial charge in [-0.2, -0.15) is 0 Å². The minimum atomic E-state index is -1.12. The Kier molecular flexibility index (Phi) is 4.14. The van der Waals surface area contributed by atoms with Gasteiger partial charge in [-0.3, -0.25) is 4.79 Å². The molecule has 5 nitrogen and oxygen atoms in total. The van der Waals surface area contributed by atoms with Crippen molar-refractivity contribution < 1.29 is 14.7 Å². The second kappa shape index (κ2) is 5.04. The normalized spacial score (nSPS) is 24.6. The van der Waals surface area contributed by atoms with Gasteiger partial charge in [0.25, 0.3) is 0 Å². The molecule has 1 unspecified atom stereocenters. The fraction of sp³-hybridized carbons (Fsp3) is 0.833. The summed E-state index contributed by atoms with van der Waals surface area (Å²) in [7, 11) is 0. The van der Waals surface area contributed by atoms with Gasteiger partial charge in [-0.05, 0) is 32.7 Å². The molecule has 5 heteroatoms. The second-order valence-corrected chi connectivity index (χ2v) is 5.04. The van der Waals surface area contributed by atoms with Crippen molar-refractivity contribution in [2.75, 3.05) is 13.1 Å². The van der Waals surface area contributed by atoms with Crippen LogP contribution in [0.1, 0.15) is 40.0 Å². The number of hydrogen-bond acceptors (Lipinski definition) is 3. The maximum Gasteiger partial charge on any atom is 0.329 e. The molecule has 0 saturated carbocycles. The number of rotatable bonds is 5. The summed E-state index contributed by atoms with van der Waals surface area (Å²) in [6.45, 7) is 6.87. The molecule has 0 bridgehead atoms. The van der Waals surface area contributed by atoms with E-state index >= 15 is 0 Å². The van der Waals surface area contributed by atoms with Crippen molar-refractivity contribution in [3.05, 3.63) is 0 Å². The Hall–Kier alpha value is -1.10. The van der Waals surface area contributed by atoms with Crippen molar-refractivity contribution in [1.82, 2.24) is 10.6 Å². The lowest BCUT2D eigenvalue weighted by atomic mass is 9.85. The van der Waals surface area contributed by atoms with Crippen LogP contribution in [0.15, 0.2) is 0 Å². The predicted molar refractivity (Wildman–Crippen MR) is 64.7 cm³/mol. The molecule has 1 atom stereocenters. The Labute approximate surface area is 102 Å². The summed E-state index contributed by atoms with van der Waals surface area (Å²) in [5.41, 5.74) is -1.60. The highest BCUT2D eigenvalue weighted by Gasteiger charge is 2.43. The molecule has 3 N–H and O–H groups in total. The van der Waals surface area contributed by atoms with Crippen molar-refractivity contribution in [3.8, 4) is 0 Å². The lowest BCUT2D eigenvalue weighted by Gasteiger charge is -2.32. The van der Waals surface area contributed by atoms with Crippen molar-refractivity contribution in [2.24, 2.45) is 5.41 Å². The molecule has 1 saturated heterocycles. The lowest BCUT2D eigenvalue weighted by molar-refractivity contribution is -0.149. The highest BCUT2D eigenvalue weighted by Crippen LogP contribution is 2.27. The van der Waals surface area contributed by atoms with E-state index in [0.717, 1.165) is 13.0 Å². The van der Waals surface area contributed by atoms with Crippen LogP contribution in [0.5, 0.6) is 0 Å². The number of hydrogen-bond donors (Lipinski definition) is 3. The van der Waals surface area contributed by atoms with Gasteiger partial charge < -0.3 is 15.7 Å². The van der Waals surface area contributed by atoms with Gasteiger partial charge in [0, 0.05) is 6.54 Å². The smallest absolute Gasteiger partial charge is 0.329 e. The Balaban J connectivity index is 2.80. The van der Waals surface area contributed by atoms with Crippen LogP contribution in [0.25, 0.3) is 0 Å². The van der Waals surface area contributed by atoms with Crippen molar-refractivity contribution in [3.63, 3.8) is 0 Å². The first-order chi connectivity index (χ1) is 7.90. The average molecular weight is 242 g/mol. The molecule has 0 aromatic carbocycles. The van der Waals surface area contributed by atoms with Crippen LogP contribution in [0.4, 0.5) is 0 Å². The van der Waals surface area contributed by atoms with E-state index in [-0.39, 0.29) is 5.91 Å². The topological polar surface area (TPSA) is 78.4 Å². The average Bonchev–Trinajstić information content (AvgIpc) is 2.73. The van der Waals surface area contributed by atoms with Crippen molar-refractivity contribution >= 4 is 11.9 Å². The first kappa shape index (κ1) is 14.0. The molecule has 17 heavy (non-hydrogen) atoms. The fourth-order valence-electron chi connectivity index (χ4n) is 2.16. The summed E-state index contributed by atoms with van der Waals surface area (Å²) in [6, 6.07) is 0. The standard InChI is InChI=1S/C12H22N2O3/c1-4-12(5-2,10(16)17)14-9(15)11(3)6-7-13-8-11/h13H,4-8H2,1-3H3,(H,14,15)(H,16,17). The van der Waals surface area contributed by atoms with E-state index in [4.69, 9.17) is 0 Å². The van der Waals surface area contributed by atoms with Gasteiger partial charge in [0.15, 0.2) is 0 Å². The van der Waals surface area contributed by atoms with E-state index in [2.05, 4.69) is 10.6 Å². The highest BCUT2D eigenvalue weighted by atomic mass is 16.4. The van der Waals surface area contributed by atoms with E-state index < -0.39 is 16.9 Å². The van der Waals surface area contributed by atoms with Gasteiger partial charge in [0.05, 0.1) is 5.41 Å². The zero-order valence-corrected chi connectivity index (χ0v) is 10.8. The Morgan fingerprint density at radius 2 is 2.00 bits per heavy atom. The molecule has 0 radical (unpaired) electrons. The molecular weight excluding hydrogens is 220 g/mol. The summed E-state index contributed by atoms with van der Waals surface area (Å²) in [4.78, 5) is 23.5. The molecule has 0 aromatic heterocycles. The van der Waals surface area contributed by atoms with Crippen LogP contribution >= 0.6 is 0 Å². The van der Waals surface area contributed by atoms with E-state index in [1.54, 1.807) is 13.8 Å². The quantitative estimate of drug-likeness (QED) is 0.664. The van der Waals surface area contributed by atoms with Gasteiger partial charge in [-0.1, -0.05) is 13.8 Å².